The first-order chi connectivity index (χ1) is 13.5. The first-order valence-corrected chi connectivity index (χ1v) is 9.22. The van der Waals surface area contributed by atoms with E-state index < -0.39 is 17.8 Å². The summed E-state index contributed by atoms with van der Waals surface area (Å²) in [5, 5.41) is 2.20. The molecule has 0 aliphatic carbocycles. The number of amides is 4. The average molecular weight is 445 g/mol. The van der Waals surface area contributed by atoms with E-state index in [0.29, 0.717) is 23.7 Å². The predicted molar refractivity (Wildman–Crippen MR) is 107 cm³/mol. The standard InChI is InChI=1S/C20H17BrN2O5/c1-3-28-17-7-5-4-6-15(17)23-19(25)14(18(24)22-20(23)26)11-12-10-13(21)8-9-16(12)27-2/h4-11H,3H2,1-2H3,(H,22,24,26). The lowest BCUT2D eigenvalue weighted by Crippen LogP contribution is -2.54. The van der Waals surface area contributed by atoms with E-state index in [2.05, 4.69) is 21.2 Å². The molecule has 8 heteroatoms. The second-order valence-electron chi connectivity index (χ2n) is 5.74. The van der Waals surface area contributed by atoms with Crippen molar-refractivity contribution in [3.63, 3.8) is 0 Å². The van der Waals surface area contributed by atoms with Crippen LogP contribution in [0.25, 0.3) is 6.08 Å². The number of imide groups is 2. The number of hydrogen-bond donors (Lipinski definition) is 1. The maximum Gasteiger partial charge on any atom is 0.336 e. The van der Waals surface area contributed by atoms with Crippen LogP contribution in [0.1, 0.15) is 12.5 Å². The Morgan fingerprint density at radius 2 is 1.86 bits per heavy atom. The first kappa shape index (κ1) is 19.6. The number of ether oxygens (including phenoxy) is 2. The number of carbonyl (C=O) groups is 3. The summed E-state index contributed by atoms with van der Waals surface area (Å²) >= 11 is 3.35. The fraction of sp³-hybridized carbons (Fsp3) is 0.150. The minimum atomic E-state index is -0.833. The maximum atomic E-state index is 13.1. The van der Waals surface area contributed by atoms with Gasteiger partial charge in [0.15, 0.2) is 0 Å². The Morgan fingerprint density at radius 3 is 2.57 bits per heavy atom. The minimum absolute atomic E-state index is 0.192. The fourth-order valence-corrected chi connectivity index (χ4v) is 3.15. The smallest absolute Gasteiger partial charge is 0.336 e. The largest absolute Gasteiger partial charge is 0.496 e. The number of hydrogen-bond acceptors (Lipinski definition) is 5. The molecule has 1 aliphatic heterocycles. The van der Waals surface area contributed by atoms with Crippen molar-refractivity contribution >= 4 is 45.5 Å². The summed E-state index contributed by atoms with van der Waals surface area (Å²) in [6.45, 7) is 2.15. The molecule has 1 saturated heterocycles. The molecule has 1 heterocycles. The van der Waals surface area contributed by atoms with Gasteiger partial charge in [0.05, 0.1) is 19.4 Å². The van der Waals surface area contributed by atoms with Crippen molar-refractivity contribution in [2.75, 3.05) is 18.6 Å². The monoisotopic (exact) mass is 444 g/mol. The zero-order chi connectivity index (χ0) is 20.3. The number of anilines is 1. The van der Waals surface area contributed by atoms with Gasteiger partial charge in [-0.05, 0) is 43.3 Å². The van der Waals surface area contributed by atoms with Crippen LogP contribution >= 0.6 is 15.9 Å². The summed E-state index contributed by atoms with van der Waals surface area (Å²) < 4.78 is 11.6. The summed E-state index contributed by atoms with van der Waals surface area (Å²) in [5.74, 6) is -0.679. The molecule has 0 saturated carbocycles. The number of barbiturate groups is 1. The number of methoxy groups -OCH3 is 1. The molecule has 1 fully saturated rings. The van der Waals surface area contributed by atoms with Crippen LogP contribution in [0.15, 0.2) is 52.5 Å². The van der Waals surface area contributed by atoms with Crippen LogP contribution in [0.2, 0.25) is 0 Å². The van der Waals surface area contributed by atoms with E-state index in [1.165, 1.54) is 13.2 Å². The number of para-hydroxylation sites is 2. The lowest BCUT2D eigenvalue weighted by molar-refractivity contribution is -0.122. The van der Waals surface area contributed by atoms with Gasteiger partial charge in [-0.15, -0.1) is 0 Å². The Hall–Kier alpha value is -3.13. The van der Waals surface area contributed by atoms with Gasteiger partial charge in [0.2, 0.25) is 0 Å². The summed E-state index contributed by atoms with van der Waals surface area (Å²) in [7, 11) is 1.49. The molecule has 0 atom stereocenters. The van der Waals surface area contributed by atoms with Crippen LogP contribution < -0.4 is 19.7 Å². The number of carbonyl (C=O) groups excluding carboxylic acids is 3. The second-order valence-corrected chi connectivity index (χ2v) is 6.66. The Morgan fingerprint density at radius 1 is 1.11 bits per heavy atom. The van der Waals surface area contributed by atoms with Gasteiger partial charge < -0.3 is 9.47 Å². The molecule has 7 nitrogen and oxygen atoms in total. The SMILES string of the molecule is CCOc1ccccc1N1C(=O)NC(=O)C(=Cc2cc(Br)ccc2OC)C1=O. The fourth-order valence-electron chi connectivity index (χ4n) is 2.77. The second kappa shape index (κ2) is 8.26. The molecule has 0 spiro atoms. The van der Waals surface area contributed by atoms with E-state index in [1.54, 1.807) is 49.4 Å². The molecule has 1 N–H and O–H groups in total. The van der Waals surface area contributed by atoms with Gasteiger partial charge >= 0.3 is 6.03 Å². The number of urea groups is 1. The molecule has 0 unspecified atom stereocenters. The Bertz CT molecular complexity index is 986. The van der Waals surface area contributed by atoms with E-state index in [4.69, 9.17) is 9.47 Å². The highest BCUT2D eigenvalue weighted by atomic mass is 79.9. The number of benzene rings is 2. The summed E-state index contributed by atoms with van der Waals surface area (Å²) in [5.41, 5.74) is 0.580. The van der Waals surface area contributed by atoms with Gasteiger partial charge in [-0.1, -0.05) is 28.1 Å². The lowest BCUT2D eigenvalue weighted by Gasteiger charge is -2.27. The normalized spacial score (nSPS) is 15.6. The Balaban J connectivity index is 2.08. The van der Waals surface area contributed by atoms with Gasteiger partial charge in [0, 0.05) is 10.0 Å². The number of nitrogens with zero attached hydrogens (tertiary/aromatic N) is 1. The van der Waals surface area contributed by atoms with E-state index in [0.717, 1.165) is 9.37 Å². The zero-order valence-corrected chi connectivity index (χ0v) is 16.8. The first-order valence-electron chi connectivity index (χ1n) is 8.43. The topological polar surface area (TPSA) is 84.9 Å². The molecular formula is C20H17BrN2O5. The molecule has 28 heavy (non-hydrogen) atoms. The molecule has 1 aliphatic rings. The van der Waals surface area contributed by atoms with Crippen molar-refractivity contribution in [1.29, 1.82) is 0 Å². The number of halogens is 1. The summed E-state index contributed by atoms with van der Waals surface area (Å²) in [6.07, 6.45) is 1.39. The molecule has 144 valence electrons. The quantitative estimate of drug-likeness (QED) is 0.563. The highest BCUT2D eigenvalue weighted by molar-refractivity contribution is 9.10. The molecule has 4 amide bonds. The predicted octanol–water partition coefficient (Wildman–Crippen LogP) is 3.52. The van der Waals surface area contributed by atoms with E-state index >= 15 is 0 Å². The molecule has 0 aromatic heterocycles. The Kier molecular flexibility index (Phi) is 5.79. The van der Waals surface area contributed by atoms with Crippen molar-refractivity contribution in [1.82, 2.24) is 5.32 Å². The van der Waals surface area contributed by atoms with E-state index in [1.807, 2.05) is 0 Å². The van der Waals surface area contributed by atoms with Crippen molar-refractivity contribution in [3.05, 3.63) is 58.1 Å². The average Bonchev–Trinajstić information content (AvgIpc) is 2.66. The zero-order valence-electron chi connectivity index (χ0n) is 15.2. The van der Waals surface area contributed by atoms with Crippen molar-refractivity contribution < 1.29 is 23.9 Å². The van der Waals surface area contributed by atoms with Crippen LogP contribution in [0, 0.1) is 0 Å². The van der Waals surface area contributed by atoms with Crippen molar-refractivity contribution in [2.24, 2.45) is 0 Å². The molecule has 2 aromatic rings. The highest BCUT2D eigenvalue weighted by Crippen LogP contribution is 2.32. The Labute approximate surface area is 170 Å². The van der Waals surface area contributed by atoms with Crippen LogP contribution in [-0.4, -0.2) is 31.6 Å². The molecule has 0 radical (unpaired) electrons. The number of rotatable bonds is 5. The van der Waals surface area contributed by atoms with Crippen LogP contribution in [0.3, 0.4) is 0 Å². The molecule has 0 bridgehead atoms. The third-order valence-corrected chi connectivity index (χ3v) is 4.49. The molecule has 2 aromatic carbocycles. The number of nitrogens with one attached hydrogen (secondary N) is 1. The van der Waals surface area contributed by atoms with E-state index in [-0.39, 0.29) is 11.3 Å². The lowest BCUT2D eigenvalue weighted by atomic mass is 10.1. The summed E-state index contributed by atoms with van der Waals surface area (Å²) in [6, 6.07) is 11.0. The molecule has 3 rings (SSSR count). The third-order valence-electron chi connectivity index (χ3n) is 4.00. The van der Waals surface area contributed by atoms with Crippen LogP contribution in [0.5, 0.6) is 11.5 Å². The molecular weight excluding hydrogens is 428 g/mol. The van der Waals surface area contributed by atoms with Gasteiger partial charge in [0.25, 0.3) is 11.8 Å². The maximum absolute atomic E-state index is 13.1. The minimum Gasteiger partial charge on any atom is -0.496 e. The van der Waals surface area contributed by atoms with Crippen LogP contribution in [-0.2, 0) is 9.59 Å². The summed E-state index contributed by atoms with van der Waals surface area (Å²) in [4.78, 5) is 38.7. The van der Waals surface area contributed by atoms with E-state index in [9.17, 15) is 14.4 Å². The van der Waals surface area contributed by atoms with Crippen molar-refractivity contribution in [2.45, 2.75) is 6.92 Å². The van der Waals surface area contributed by atoms with Crippen molar-refractivity contribution in [3.8, 4) is 11.5 Å². The van der Waals surface area contributed by atoms with Gasteiger partial charge in [-0.2, -0.15) is 0 Å². The highest BCUT2D eigenvalue weighted by Gasteiger charge is 2.38. The third kappa shape index (κ3) is 3.77. The van der Waals surface area contributed by atoms with Gasteiger partial charge in [0.1, 0.15) is 17.1 Å². The van der Waals surface area contributed by atoms with Crippen LogP contribution in [0.4, 0.5) is 10.5 Å². The van der Waals surface area contributed by atoms with Gasteiger partial charge in [-0.25, -0.2) is 9.69 Å². The van der Waals surface area contributed by atoms with Gasteiger partial charge in [-0.3, -0.25) is 14.9 Å².